The molecule has 0 radical (unpaired) electrons. The lowest BCUT2D eigenvalue weighted by Gasteiger charge is -2.23. The standard InChI is InChI=1S/C23H16N4O7S/c1-11-24-25-23(35-11)26-18(12-5-3-7-14(9-12)27(31)32)17(20(29)22(26)30)19(28)16-10-13-6-4-8-15(33-2)21(13)34-16/h3-10,18,29H,1-2H3. The Morgan fingerprint density at radius 1 is 1.23 bits per heavy atom. The number of ketones is 1. The summed E-state index contributed by atoms with van der Waals surface area (Å²) in [5, 5.41) is 31.4. The van der Waals surface area contributed by atoms with E-state index in [4.69, 9.17) is 9.15 Å². The maximum absolute atomic E-state index is 13.7. The topological polar surface area (TPSA) is 149 Å². The molecule has 5 rings (SSSR count). The molecule has 0 saturated carbocycles. The van der Waals surface area contributed by atoms with Crippen molar-refractivity contribution in [1.82, 2.24) is 10.2 Å². The number of hydrogen-bond acceptors (Lipinski definition) is 10. The number of non-ortho nitro benzene ring substituents is 1. The number of ether oxygens (including phenoxy) is 1. The predicted octanol–water partition coefficient (Wildman–Crippen LogP) is 4.29. The van der Waals surface area contributed by atoms with Crippen molar-refractivity contribution in [1.29, 1.82) is 0 Å². The van der Waals surface area contributed by atoms with Crippen molar-refractivity contribution < 1.29 is 28.8 Å². The van der Waals surface area contributed by atoms with Crippen LogP contribution < -0.4 is 9.64 Å². The number of aliphatic hydroxyl groups is 1. The Labute approximate surface area is 201 Å². The van der Waals surface area contributed by atoms with E-state index in [0.717, 1.165) is 16.2 Å². The monoisotopic (exact) mass is 492 g/mol. The van der Waals surface area contributed by atoms with Crippen molar-refractivity contribution in [2.24, 2.45) is 0 Å². The van der Waals surface area contributed by atoms with E-state index >= 15 is 0 Å². The van der Waals surface area contributed by atoms with E-state index < -0.39 is 28.4 Å². The molecule has 1 unspecified atom stereocenters. The van der Waals surface area contributed by atoms with E-state index in [1.807, 2.05) is 0 Å². The van der Waals surface area contributed by atoms with Crippen LogP contribution in [-0.4, -0.2) is 39.0 Å². The van der Waals surface area contributed by atoms with Crippen molar-refractivity contribution in [2.75, 3.05) is 12.0 Å². The molecule has 1 atom stereocenters. The minimum atomic E-state index is -1.20. The number of methoxy groups -OCH3 is 1. The van der Waals surface area contributed by atoms with Crippen LogP contribution in [0.25, 0.3) is 11.0 Å². The molecule has 0 bridgehead atoms. The molecule has 0 saturated heterocycles. The molecule has 176 valence electrons. The fourth-order valence-electron chi connectivity index (χ4n) is 3.98. The molecule has 1 aliphatic rings. The van der Waals surface area contributed by atoms with Crippen molar-refractivity contribution >= 4 is 44.8 Å². The van der Waals surface area contributed by atoms with Gasteiger partial charge in [0.1, 0.15) is 5.01 Å². The number of carbonyl (C=O) groups is 2. The Morgan fingerprint density at radius 2 is 2.00 bits per heavy atom. The van der Waals surface area contributed by atoms with Gasteiger partial charge in [-0.15, -0.1) is 10.2 Å². The van der Waals surface area contributed by atoms with Crippen LogP contribution in [-0.2, 0) is 4.79 Å². The maximum Gasteiger partial charge on any atom is 0.296 e. The number of nitro groups is 1. The molecule has 3 heterocycles. The van der Waals surface area contributed by atoms with E-state index in [1.54, 1.807) is 25.1 Å². The molecule has 2 aromatic heterocycles. The van der Waals surface area contributed by atoms with Crippen LogP contribution in [0, 0.1) is 17.0 Å². The van der Waals surface area contributed by atoms with Crippen molar-refractivity contribution in [2.45, 2.75) is 13.0 Å². The van der Waals surface area contributed by atoms with E-state index in [0.29, 0.717) is 21.7 Å². The van der Waals surface area contributed by atoms with E-state index in [1.165, 1.54) is 37.4 Å². The second-order valence-corrected chi connectivity index (χ2v) is 8.77. The molecule has 11 nitrogen and oxygen atoms in total. The van der Waals surface area contributed by atoms with Crippen LogP contribution in [0.1, 0.15) is 27.2 Å². The summed E-state index contributed by atoms with van der Waals surface area (Å²) >= 11 is 1.08. The summed E-state index contributed by atoms with van der Waals surface area (Å²) in [6.07, 6.45) is 0. The van der Waals surface area contributed by atoms with Gasteiger partial charge < -0.3 is 14.3 Å². The number of benzene rings is 2. The van der Waals surface area contributed by atoms with Crippen LogP contribution in [0.5, 0.6) is 5.75 Å². The third-order valence-electron chi connectivity index (χ3n) is 5.52. The Hall–Kier alpha value is -4.58. The molecule has 1 N–H and O–H groups in total. The number of hydrogen-bond donors (Lipinski definition) is 1. The SMILES string of the molecule is COc1cccc2cc(C(=O)C3=C(O)C(=O)N(c4nnc(C)s4)C3c3cccc([N+](=O)[O-])c3)oc12. The number of carbonyl (C=O) groups excluding carboxylic acids is 2. The zero-order chi connectivity index (χ0) is 24.9. The lowest BCUT2D eigenvalue weighted by molar-refractivity contribution is -0.384. The summed E-state index contributed by atoms with van der Waals surface area (Å²) in [5.41, 5.74) is 0.0316. The Kier molecular flexibility index (Phi) is 5.29. The number of rotatable bonds is 6. The van der Waals surface area contributed by atoms with E-state index in [9.17, 15) is 24.8 Å². The highest BCUT2D eigenvalue weighted by atomic mass is 32.1. The summed E-state index contributed by atoms with van der Waals surface area (Å²) in [7, 11) is 1.46. The number of para-hydroxylation sites is 1. The summed E-state index contributed by atoms with van der Waals surface area (Å²) in [5.74, 6) is -2.16. The second-order valence-electron chi connectivity index (χ2n) is 7.61. The van der Waals surface area contributed by atoms with E-state index in [-0.39, 0.29) is 27.7 Å². The van der Waals surface area contributed by atoms with Crippen LogP contribution in [0.2, 0.25) is 0 Å². The van der Waals surface area contributed by atoms with Crippen molar-refractivity contribution in [3.63, 3.8) is 0 Å². The van der Waals surface area contributed by atoms with Crippen LogP contribution in [0.4, 0.5) is 10.8 Å². The fraction of sp³-hybridized carbons (Fsp3) is 0.130. The normalized spacial score (nSPS) is 15.8. The van der Waals surface area contributed by atoms with Gasteiger partial charge >= 0.3 is 0 Å². The van der Waals surface area contributed by atoms with Gasteiger partial charge in [-0.25, -0.2) is 0 Å². The van der Waals surface area contributed by atoms with Crippen LogP contribution >= 0.6 is 11.3 Å². The molecule has 4 aromatic rings. The summed E-state index contributed by atoms with van der Waals surface area (Å²) < 4.78 is 11.0. The lowest BCUT2D eigenvalue weighted by Crippen LogP contribution is -2.31. The Morgan fingerprint density at radius 3 is 2.69 bits per heavy atom. The number of anilines is 1. The average molecular weight is 492 g/mol. The zero-order valence-corrected chi connectivity index (χ0v) is 19.1. The van der Waals surface area contributed by atoms with Gasteiger partial charge in [-0.05, 0) is 24.6 Å². The molecule has 35 heavy (non-hydrogen) atoms. The van der Waals surface area contributed by atoms with Gasteiger partial charge in [-0.2, -0.15) is 0 Å². The number of fused-ring (bicyclic) bond motifs is 1. The van der Waals surface area contributed by atoms with Crippen LogP contribution in [0.15, 0.2) is 64.3 Å². The number of Topliss-reactive ketones (excluding diaryl/α,β-unsaturated/α-hetero) is 1. The summed E-state index contributed by atoms with van der Waals surface area (Å²) in [6.45, 7) is 1.69. The summed E-state index contributed by atoms with van der Waals surface area (Å²) in [6, 6.07) is 10.9. The average Bonchev–Trinajstić information content (AvgIpc) is 3.55. The molecule has 1 aliphatic heterocycles. The minimum Gasteiger partial charge on any atom is -0.503 e. The van der Waals surface area contributed by atoms with Gasteiger partial charge in [-0.3, -0.25) is 24.6 Å². The number of aromatic nitrogens is 2. The first-order valence-electron chi connectivity index (χ1n) is 10.2. The molecule has 1 amide bonds. The van der Waals surface area contributed by atoms with Gasteiger partial charge in [-0.1, -0.05) is 35.6 Å². The number of aryl methyl sites for hydroxylation is 1. The molecular weight excluding hydrogens is 476 g/mol. The molecule has 0 fully saturated rings. The molecule has 12 heteroatoms. The van der Waals surface area contributed by atoms with E-state index in [2.05, 4.69) is 10.2 Å². The van der Waals surface area contributed by atoms with Gasteiger partial charge in [0.05, 0.1) is 23.6 Å². The third-order valence-corrected chi connectivity index (χ3v) is 6.36. The maximum atomic E-state index is 13.7. The highest BCUT2D eigenvalue weighted by Gasteiger charge is 2.47. The molecule has 2 aromatic carbocycles. The predicted molar refractivity (Wildman–Crippen MR) is 125 cm³/mol. The van der Waals surface area contributed by atoms with Gasteiger partial charge in [0, 0.05) is 17.5 Å². The Balaban J connectivity index is 1.68. The first kappa shape index (κ1) is 22.2. The number of furan rings is 1. The number of amides is 1. The number of nitro benzene ring substituents is 1. The third kappa shape index (κ3) is 3.60. The van der Waals surface area contributed by atoms with Crippen LogP contribution in [0.3, 0.4) is 0 Å². The second kappa shape index (κ2) is 8.33. The first-order chi connectivity index (χ1) is 16.8. The largest absolute Gasteiger partial charge is 0.503 e. The quantitative estimate of drug-likeness (QED) is 0.236. The highest BCUT2D eigenvalue weighted by Crippen LogP contribution is 2.44. The number of aliphatic hydroxyl groups excluding tert-OH is 1. The Bertz CT molecular complexity index is 1550. The molecular formula is C23H16N4O7S. The number of nitrogens with zero attached hydrogens (tertiary/aromatic N) is 4. The minimum absolute atomic E-state index is 0.129. The smallest absolute Gasteiger partial charge is 0.296 e. The zero-order valence-electron chi connectivity index (χ0n) is 18.3. The summed E-state index contributed by atoms with van der Waals surface area (Å²) in [4.78, 5) is 38.7. The molecule has 0 aliphatic carbocycles. The van der Waals surface area contributed by atoms with Gasteiger partial charge in [0.15, 0.2) is 22.9 Å². The van der Waals surface area contributed by atoms with Crippen molar-refractivity contribution in [3.8, 4) is 5.75 Å². The molecule has 0 spiro atoms. The first-order valence-corrected chi connectivity index (χ1v) is 11.0. The van der Waals surface area contributed by atoms with Crippen molar-refractivity contribution in [3.05, 3.63) is 86.3 Å². The van der Waals surface area contributed by atoms with Gasteiger partial charge in [0.25, 0.3) is 11.6 Å². The van der Waals surface area contributed by atoms with Gasteiger partial charge in [0.2, 0.25) is 10.9 Å². The lowest BCUT2D eigenvalue weighted by atomic mass is 9.95. The highest BCUT2D eigenvalue weighted by molar-refractivity contribution is 7.15. The fourth-order valence-corrected chi connectivity index (χ4v) is 4.70.